The molecule has 0 amide bonds. The molecule has 0 saturated carbocycles. The van der Waals surface area contributed by atoms with E-state index in [0.29, 0.717) is 22.3 Å². The Morgan fingerprint density at radius 1 is 1.04 bits per heavy atom. The number of rotatable bonds is 4. The lowest BCUT2D eigenvalue weighted by Crippen LogP contribution is -2.12. The van der Waals surface area contributed by atoms with Gasteiger partial charge in [0.05, 0.1) is 17.6 Å². The van der Waals surface area contributed by atoms with Crippen LogP contribution in [0.5, 0.6) is 0 Å². The van der Waals surface area contributed by atoms with Gasteiger partial charge in [0, 0.05) is 5.69 Å². The first-order valence-corrected chi connectivity index (χ1v) is 8.38. The van der Waals surface area contributed by atoms with Crippen LogP contribution < -0.4 is 5.32 Å². The summed E-state index contributed by atoms with van der Waals surface area (Å²) in [6.45, 7) is 7.59. The van der Waals surface area contributed by atoms with E-state index in [4.69, 9.17) is 4.74 Å². The number of halogens is 1. The maximum Gasteiger partial charge on any atom is 0.360 e. The summed E-state index contributed by atoms with van der Waals surface area (Å²) in [5, 5.41) is 2.99. The van der Waals surface area contributed by atoms with Crippen molar-refractivity contribution >= 4 is 28.5 Å². The number of aromatic nitrogens is 2. The van der Waals surface area contributed by atoms with Gasteiger partial charge in [-0.1, -0.05) is 6.07 Å². The first-order valence-electron chi connectivity index (χ1n) is 8.38. The number of carbonyl (C=O) groups excluding carboxylic acids is 1. The fraction of sp³-hybridized carbons (Fsp3) is 0.250. The number of hydrogen-bond acceptors (Lipinski definition) is 5. The van der Waals surface area contributed by atoms with E-state index in [1.54, 1.807) is 26.0 Å². The molecule has 6 heteroatoms. The second-order valence-corrected chi connectivity index (χ2v) is 6.16. The second kappa shape index (κ2) is 7.07. The van der Waals surface area contributed by atoms with E-state index in [2.05, 4.69) is 15.3 Å². The summed E-state index contributed by atoms with van der Waals surface area (Å²) in [5.74, 6) is -0.675. The maximum absolute atomic E-state index is 13.8. The van der Waals surface area contributed by atoms with Crippen molar-refractivity contribution in [1.29, 1.82) is 0 Å². The largest absolute Gasteiger partial charge is 0.461 e. The summed E-state index contributed by atoms with van der Waals surface area (Å²) >= 11 is 0. The third-order valence-electron chi connectivity index (χ3n) is 4.18. The van der Waals surface area contributed by atoms with E-state index in [1.165, 1.54) is 6.07 Å². The van der Waals surface area contributed by atoms with Crippen LogP contribution in [-0.4, -0.2) is 22.5 Å². The van der Waals surface area contributed by atoms with Gasteiger partial charge in [-0.2, -0.15) is 0 Å². The highest BCUT2D eigenvalue weighted by molar-refractivity contribution is 5.96. The zero-order valence-corrected chi connectivity index (χ0v) is 15.2. The number of ether oxygens (including phenoxy) is 1. The van der Waals surface area contributed by atoms with E-state index < -0.39 is 5.97 Å². The van der Waals surface area contributed by atoms with Crippen molar-refractivity contribution in [3.8, 4) is 0 Å². The van der Waals surface area contributed by atoms with Crippen molar-refractivity contribution in [1.82, 2.24) is 9.97 Å². The van der Waals surface area contributed by atoms with Crippen LogP contribution in [0.3, 0.4) is 0 Å². The molecule has 1 N–H and O–H groups in total. The van der Waals surface area contributed by atoms with Gasteiger partial charge < -0.3 is 10.1 Å². The summed E-state index contributed by atoms with van der Waals surface area (Å²) in [6, 6.07) is 8.53. The Kier molecular flexibility index (Phi) is 4.84. The SMILES string of the molecule is CCOC(=O)c1nc2cc(C)c(C)cc2nc1Nc1ccc(C)c(F)c1. The van der Waals surface area contributed by atoms with Gasteiger partial charge in [0.1, 0.15) is 5.82 Å². The van der Waals surface area contributed by atoms with Crippen molar-refractivity contribution in [2.75, 3.05) is 11.9 Å². The molecule has 1 aromatic heterocycles. The van der Waals surface area contributed by atoms with Gasteiger partial charge in [-0.25, -0.2) is 19.2 Å². The molecule has 0 aliphatic carbocycles. The van der Waals surface area contributed by atoms with Gasteiger partial charge in [-0.15, -0.1) is 0 Å². The number of anilines is 2. The quantitative estimate of drug-likeness (QED) is 0.694. The standard InChI is InChI=1S/C20H20FN3O2/c1-5-26-20(25)18-19(22-14-7-6-11(2)15(21)10-14)24-17-9-13(4)12(3)8-16(17)23-18/h6-10H,5H2,1-4H3,(H,22,24). The molecule has 26 heavy (non-hydrogen) atoms. The van der Waals surface area contributed by atoms with Crippen molar-refractivity contribution in [2.24, 2.45) is 0 Å². The molecule has 5 nitrogen and oxygen atoms in total. The number of benzene rings is 2. The molecule has 3 aromatic rings. The van der Waals surface area contributed by atoms with E-state index >= 15 is 0 Å². The van der Waals surface area contributed by atoms with Crippen LogP contribution in [0.1, 0.15) is 34.1 Å². The minimum atomic E-state index is -0.574. The molecule has 2 aromatic carbocycles. The van der Waals surface area contributed by atoms with Gasteiger partial charge in [0.25, 0.3) is 0 Å². The fourth-order valence-electron chi connectivity index (χ4n) is 2.55. The molecular weight excluding hydrogens is 333 g/mol. The van der Waals surface area contributed by atoms with Gasteiger partial charge in [-0.05, 0) is 68.7 Å². The number of hydrogen-bond donors (Lipinski definition) is 1. The lowest BCUT2D eigenvalue weighted by atomic mass is 10.1. The van der Waals surface area contributed by atoms with Crippen LogP contribution in [0, 0.1) is 26.6 Å². The van der Waals surface area contributed by atoms with E-state index in [1.807, 2.05) is 26.0 Å². The molecule has 134 valence electrons. The summed E-state index contributed by atoms with van der Waals surface area (Å²) in [4.78, 5) is 21.3. The monoisotopic (exact) mass is 353 g/mol. The molecule has 0 aliphatic heterocycles. The number of carbonyl (C=O) groups is 1. The predicted octanol–water partition coefficient (Wildman–Crippen LogP) is 4.61. The Hall–Kier alpha value is -3.02. The van der Waals surface area contributed by atoms with E-state index in [-0.39, 0.29) is 23.9 Å². The summed E-state index contributed by atoms with van der Waals surface area (Å²) in [6.07, 6.45) is 0. The van der Waals surface area contributed by atoms with E-state index in [9.17, 15) is 9.18 Å². The highest BCUT2D eigenvalue weighted by Gasteiger charge is 2.18. The third-order valence-corrected chi connectivity index (χ3v) is 4.18. The molecule has 0 aliphatic rings. The lowest BCUT2D eigenvalue weighted by molar-refractivity contribution is 0.0521. The number of aryl methyl sites for hydroxylation is 3. The Morgan fingerprint density at radius 2 is 1.69 bits per heavy atom. The Morgan fingerprint density at radius 3 is 2.31 bits per heavy atom. The van der Waals surface area contributed by atoms with Crippen LogP contribution in [0.15, 0.2) is 30.3 Å². The summed E-state index contributed by atoms with van der Waals surface area (Å²) in [5.41, 5.74) is 4.48. The highest BCUT2D eigenvalue weighted by atomic mass is 19.1. The topological polar surface area (TPSA) is 64.1 Å². The average Bonchev–Trinajstić information content (AvgIpc) is 2.59. The zero-order valence-electron chi connectivity index (χ0n) is 15.2. The number of fused-ring (bicyclic) bond motifs is 1. The number of nitrogens with one attached hydrogen (secondary N) is 1. The molecule has 0 spiro atoms. The van der Waals surface area contributed by atoms with Crippen LogP contribution in [0.2, 0.25) is 0 Å². The predicted molar refractivity (Wildman–Crippen MR) is 99.4 cm³/mol. The molecule has 0 atom stereocenters. The van der Waals surface area contributed by atoms with Crippen molar-refractivity contribution in [3.05, 3.63) is 58.5 Å². The van der Waals surface area contributed by atoms with Gasteiger partial charge in [0.2, 0.25) is 0 Å². The number of esters is 1. The maximum atomic E-state index is 13.8. The molecular formula is C20H20FN3O2. The Balaban J connectivity index is 2.13. The normalized spacial score (nSPS) is 10.8. The van der Waals surface area contributed by atoms with Crippen molar-refractivity contribution < 1.29 is 13.9 Å². The first-order chi connectivity index (χ1) is 12.4. The van der Waals surface area contributed by atoms with Crippen LogP contribution in [0.25, 0.3) is 11.0 Å². The molecule has 0 saturated heterocycles. The van der Waals surface area contributed by atoms with Gasteiger partial charge >= 0.3 is 5.97 Å². The molecule has 1 heterocycles. The fourth-order valence-corrected chi connectivity index (χ4v) is 2.55. The Labute approximate surface area is 151 Å². The van der Waals surface area contributed by atoms with Crippen molar-refractivity contribution in [3.63, 3.8) is 0 Å². The second-order valence-electron chi connectivity index (χ2n) is 6.16. The molecule has 0 bridgehead atoms. The average molecular weight is 353 g/mol. The van der Waals surface area contributed by atoms with Gasteiger partial charge in [-0.3, -0.25) is 0 Å². The van der Waals surface area contributed by atoms with Crippen LogP contribution in [0.4, 0.5) is 15.9 Å². The number of nitrogens with zero attached hydrogens (tertiary/aromatic N) is 2. The molecule has 0 unspecified atom stereocenters. The minimum Gasteiger partial charge on any atom is -0.461 e. The lowest BCUT2D eigenvalue weighted by Gasteiger charge is -2.12. The smallest absolute Gasteiger partial charge is 0.360 e. The van der Waals surface area contributed by atoms with E-state index in [0.717, 1.165) is 11.1 Å². The first kappa shape index (κ1) is 17.8. The minimum absolute atomic E-state index is 0.0728. The third kappa shape index (κ3) is 3.49. The summed E-state index contributed by atoms with van der Waals surface area (Å²) < 4.78 is 18.9. The Bertz CT molecular complexity index is 1000. The van der Waals surface area contributed by atoms with Crippen molar-refractivity contribution in [2.45, 2.75) is 27.7 Å². The highest BCUT2D eigenvalue weighted by Crippen LogP contribution is 2.25. The zero-order chi connectivity index (χ0) is 18.8. The summed E-state index contributed by atoms with van der Waals surface area (Å²) in [7, 11) is 0. The molecule has 0 fully saturated rings. The molecule has 3 rings (SSSR count). The van der Waals surface area contributed by atoms with Crippen LogP contribution in [-0.2, 0) is 4.74 Å². The van der Waals surface area contributed by atoms with Crippen LogP contribution >= 0.6 is 0 Å². The molecule has 0 radical (unpaired) electrons. The van der Waals surface area contributed by atoms with Gasteiger partial charge in [0.15, 0.2) is 11.5 Å².